The summed E-state index contributed by atoms with van der Waals surface area (Å²) in [4.78, 5) is 5.12. The summed E-state index contributed by atoms with van der Waals surface area (Å²) in [5.74, 6) is 1.55. The molecule has 0 saturated carbocycles. The van der Waals surface area contributed by atoms with Gasteiger partial charge in [0.2, 0.25) is 0 Å². The number of hydrogen-bond acceptors (Lipinski definition) is 2. The van der Waals surface area contributed by atoms with Gasteiger partial charge in [-0.25, -0.2) is 0 Å². The first-order valence-corrected chi connectivity index (χ1v) is 5.07. The van der Waals surface area contributed by atoms with Crippen LogP contribution < -0.4 is 0 Å². The third-order valence-electron chi connectivity index (χ3n) is 3.20. The predicted octanol–water partition coefficient (Wildman–Crippen LogP) is -0.220. The Balaban J connectivity index is 2.02. The predicted molar refractivity (Wildman–Crippen MR) is 47.4 cm³/mol. The largest absolute Gasteiger partial charge is 0.350 e. The quantitative estimate of drug-likeness (QED) is 0.460. The Hall–Kier alpha value is -0.730. The molecule has 3 nitrogen and oxygen atoms in total. The molecule has 3 aliphatic rings. The van der Waals surface area contributed by atoms with Crippen molar-refractivity contribution in [2.75, 3.05) is 39.3 Å². The normalized spacial score (nSPS) is 28.0. The van der Waals surface area contributed by atoms with E-state index < -0.39 is 0 Å². The smallest absolute Gasteiger partial charge is 0.265 e. The van der Waals surface area contributed by atoms with E-state index in [0.717, 1.165) is 0 Å². The summed E-state index contributed by atoms with van der Waals surface area (Å²) >= 11 is 0. The van der Waals surface area contributed by atoms with Crippen LogP contribution >= 0.6 is 0 Å². The van der Waals surface area contributed by atoms with Gasteiger partial charge in [-0.2, -0.15) is 0 Å². The van der Waals surface area contributed by atoms with E-state index >= 15 is 0 Å². The molecule has 0 bridgehead atoms. The molecule has 12 heavy (non-hydrogen) atoms. The maximum absolute atomic E-state index is 2.57. The zero-order valence-electron chi connectivity index (χ0n) is 7.50. The van der Waals surface area contributed by atoms with Crippen LogP contribution in [0.1, 0.15) is 12.8 Å². The highest BCUT2D eigenvalue weighted by molar-refractivity contribution is 5.78. The molecular formula is C9H16N3+. The van der Waals surface area contributed by atoms with Gasteiger partial charge in [-0.05, 0) is 0 Å². The van der Waals surface area contributed by atoms with Crippen molar-refractivity contribution < 1.29 is 4.58 Å². The molecular weight excluding hydrogens is 150 g/mol. The van der Waals surface area contributed by atoms with Crippen molar-refractivity contribution in [3.05, 3.63) is 0 Å². The van der Waals surface area contributed by atoms with Crippen LogP contribution in [0.15, 0.2) is 0 Å². The van der Waals surface area contributed by atoms with Gasteiger partial charge in [-0.3, -0.25) is 14.4 Å². The van der Waals surface area contributed by atoms with Crippen LogP contribution in [0.4, 0.5) is 0 Å². The van der Waals surface area contributed by atoms with Crippen LogP contribution in [0.5, 0.6) is 0 Å². The zero-order chi connectivity index (χ0) is 7.97. The van der Waals surface area contributed by atoms with Crippen LogP contribution in [-0.2, 0) is 0 Å². The molecule has 3 heterocycles. The minimum absolute atomic E-state index is 1.27. The molecule has 0 amide bonds. The van der Waals surface area contributed by atoms with E-state index in [9.17, 15) is 0 Å². The van der Waals surface area contributed by atoms with E-state index in [2.05, 4.69) is 14.4 Å². The van der Waals surface area contributed by atoms with E-state index in [1.54, 1.807) is 5.96 Å². The Labute approximate surface area is 73.3 Å². The summed E-state index contributed by atoms with van der Waals surface area (Å²) < 4.78 is 2.57. The van der Waals surface area contributed by atoms with Crippen LogP contribution in [0.25, 0.3) is 0 Å². The van der Waals surface area contributed by atoms with Gasteiger partial charge in [-0.1, -0.05) is 0 Å². The number of rotatable bonds is 0. The van der Waals surface area contributed by atoms with E-state index in [-0.39, 0.29) is 0 Å². The average molecular weight is 166 g/mol. The van der Waals surface area contributed by atoms with Gasteiger partial charge in [0.15, 0.2) is 0 Å². The Bertz CT molecular complexity index is 212. The lowest BCUT2D eigenvalue weighted by Gasteiger charge is -2.28. The second kappa shape index (κ2) is 2.38. The zero-order valence-corrected chi connectivity index (χ0v) is 7.50. The topological polar surface area (TPSA) is 9.49 Å². The van der Waals surface area contributed by atoms with Gasteiger partial charge in [0.05, 0.1) is 39.3 Å². The van der Waals surface area contributed by atoms with E-state index in [1.807, 2.05) is 0 Å². The van der Waals surface area contributed by atoms with Gasteiger partial charge >= 0.3 is 5.96 Å². The summed E-state index contributed by atoms with van der Waals surface area (Å²) in [6.07, 6.45) is 2.72. The van der Waals surface area contributed by atoms with Gasteiger partial charge < -0.3 is 0 Å². The fourth-order valence-corrected chi connectivity index (χ4v) is 2.68. The van der Waals surface area contributed by atoms with Crippen molar-refractivity contribution in [2.45, 2.75) is 12.8 Å². The Morgan fingerprint density at radius 3 is 2.00 bits per heavy atom. The molecule has 1 fully saturated rings. The lowest BCUT2D eigenvalue weighted by molar-refractivity contribution is -0.547. The van der Waals surface area contributed by atoms with Crippen LogP contribution in [0, 0.1) is 0 Å². The SMILES string of the molecule is C1CN2CCN3CCC[N+](=C23)C1. The summed E-state index contributed by atoms with van der Waals surface area (Å²) in [6, 6.07) is 0. The molecule has 0 aromatic heterocycles. The van der Waals surface area contributed by atoms with Gasteiger partial charge in [-0.15, -0.1) is 0 Å². The maximum atomic E-state index is 2.57. The second-order valence-corrected chi connectivity index (χ2v) is 3.97. The Kier molecular flexibility index (Phi) is 1.34. The molecule has 0 aliphatic carbocycles. The van der Waals surface area contributed by atoms with Crippen molar-refractivity contribution in [1.82, 2.24) is 9.80 Å². The lowest BCUT2D eigenvalue weighted by Crippen LogP contribution is -2.50. The van der Waals surface area contributed by atoms with E-state index in [1.165, 1.54) is 52.1 Å². The fraction of sp³-hybridized carbons (Fsp3) is 0.889. The number of hydrogen-bond donors (Lipinski definition) is 0. The molecule has 0 unspecified atom stereocenters. The van der Waals surface area contributed by atoms with Crippen LogP contribution in [-0.4, -0.2) is 59.6 Å². The average Bonchev–Trinajstić information content (AvgIpc) is 2.52. The molecule has 3 aliphatic heterocycles. The third kappa shape index (κ3) is 0.793. The summed E-state index contributed by atoms with van der Waals surface area (Å²) in [6.45, 7) is 7.72. The van der Waals surface area contributed by atoms with Crippen LogP contribution in [0.3, 0.4) is 0 Å². The fourth-order valence-electron chi connectivity index (χ4n) is 2.68. The highest BCUT2D eigenvalue weighted by Gasteiger charge is 2.40. The van der Waals surface area contributed by atoms with Crippen molar-refractivity contribution in [1.29, 1.82) is 0 Å². The molecule has 1 saturated heterocycles. The molecule has 0 radical (unpaired) electrons. The Morgan fingerprint density at radius 2 is 1.42 bits per heavy atom. The maximum Gasteiger partial charge on any atom is 0.350 e. The number of guanidine groups is 1. The highest BCUT2D eigenvalue weighted by atomic mass is 15.5. The number of nitrogens with zero attached hydrogens (tertiary/aromatic N) is 3. The van der Waals surface area contributed by atoms with Crippen molar-refractivity contribution in [3.63, 3.8) is 0 Å². The third-order valence-corrected chi connectivity index (χ3v) is 3.20. The Morgan fingerprint density at radius 1 is 0.833 bits per heavy atom. The first-order valence-electron chi connectivity index (χ1n) is 5.07. The molecule has 3 rings (SSSR count). The lowest BCUT2D eigenvalue weighted by atomic mass is 10.2. The second-order valence-electron chi connectivity index (χ2n) is 3.97. The molecule has 0 N–H and O–H groups in total. The van der Waals surface area contributed by atoms with Gasteiger partial charge in [0.25, 0.3) is 0 Å². The standard InChI is InChI=1S/C9H16N3/c1-3-10-4-2-6-12-8-7-11(5-1)9(10)12/h1-8H2/q+1. The minimum atomic E-state index is 1.27. The summed E-state index contributed by atoms with van der Waals surface area (Å²) in [7, 11) is 0. The van der Waals surface area contributed by atoms with E-state index in [0.29, 0.717) is 0 Å². The first kappa shape index (κ1) is 6.75. The van der Waals surface area contributed by atoms with Crippen LogP contribution in [0.2, 0.25) is 0 Å². The van der Waals surface area contributed by atoms with Crippen molar-refractivity contribution >= 4 is 5.96 Å². The van der Waals surface area contributed by atoms with E-state index in [4.69, 9.17) is 0 Å². The summed E-state index contributed by atoms with van der Waals surface area (Å²) in [5.41, 5.74) is 0. The first-order chi connectivity index (χ1) is 5.95. The van der Waals surface area contributed by atoms with Crippen molar-refractivity contribution in [2.24, 2.45) is 0 Å². The molecule has 0 atom stereocenters. The minimum Gasteiger partial charge on any atom is -0.265 e. The molecule has 66 valence electrons. The molecule has 0 spiro atoms. The molecule has 0 aromatic carbocycles. The van der Waals surface area contributed by atoms with Gasteiger partial charge in [0, 0.05) is 12.8 Å². The monoisotopic (exact) mass is 166 g/mol. The van der Waals surface area contributed by atoms with Gasteiger partial charge in [0.1, 0.15) is 0 Å². The molecule has 0 aromatic rings. The highest BCUT2D eigenvalue weighted by Crippen LogP contribution is 2.17. The van der Waals surface area contributed by atoms with Crippen molar-refractivity contribution in [3.8, 4) is 0 Å². The molecule has 3 heteroatoms. The summed E-state index contributed by atoms with van der Waals surface area (Å²) in [5, 5.41) is 0.